The minimum atomic E-state index is -0.555. The van der Waals surface area contributed by atoms with Gasteiger partial charge in [0.15, 0.2) is 0 Å². The molecular formula is C15H19ClFN3O. The third-order valence-corrected chi connectivity index (χ3v) is 3.66. The van der Waals surface area contributed by atoms with E-state index in [2.05, 4.69) is 0 Å². The van der Waals surface area contributed by atoms with Gasteiger partial charge in [0.25, 0.3) is 5.56 Å². The molecule has 0 spiro atoms. The Labute approximate surface area is 127 Å². The van der Waals surface area contributed by atoms with E-state index < -0.39 is 5.82 Å². The van der Waals surface area contributed by atoms with Gasteiger partial charge < -0.3 is 5.73 Å². The van der Waals surface area contributed by atoms with E-state index in [0.29, 0.717) is 18.7 Å². The zero-order valence-electron chi connectivity index (χ0n) is 12.2. The molecule has 2 aromatic rings. The first-order chi connectivity index (χ1) is 10.0. The number of aromatic nitrogens is 2. The fourth-order valence-corrected chi connectivity index (χ4v) is 2.55. The number of rotatable bonds is 5. The molecule has 1 aromatic carbocycles. The summed E-state index contributed by atoms with van der Waals surface area (Å²) < 4.78 is 17.0. The predicted molar refractivity (Wildman–Crippen MR) is 83.7 cm³/mol. The van der Waals surface area contributed by atoms with Crippen LogP contribution in [0.4, 0.5) is 10.1 Å². The van der Waals surface area contributed by atoms with Crippen LogP contribution in [-0.2, 0) is 13.0 Å². The second-order valence-corrected chi connectivity index (χ2v) is 5.36. The SMILES string of the molecule is CCCc1c(N)c(=O)n(-c2ccc(Cl)c(F)c2)n1CCC. The first kappa shape index (κ1) is 15.6. The van der Waals surface area contributed by atoms with Crippen molar-refractivity contribution in [3.05, 3.63) is 45.1 Å². The number of hydrogen-bond donors (Lipinski definition) is 1. The van der Waals surface area contributed by atoms with Gasteiger partial charge in [-0.3, -0.25) is 9.48 Å². The van der Waals surface area contributed by atoms with Gasteiger partial charge in [-0.2, -0.15) is 0 Å². The van der Waals surface area contributed by atoms with Gasteiger partial charge in [-0.25, -0.2) is 9.07 Å². The molecule has 0 radical (unpaired) electrons. The maximum Gasteiger partial charge on any atom is 0.294 e. The highest BCUT2D eigenvalue weighted by Gasteiger charge is 2.18. The van der Waals surface area contributed by atoms with Crippen LogP contribution in [0.2, 0.25) is 5.02 Å². The summed E-state index contributed by atoms with van der Waals surface area (Å²) in [4.78, 5) is 12.4. The summed E-state index contributed by atoms with van der Waals surface area (Å²) in [6.07, 6.45) is 2.44. The fourth-order valence-electron chi connectivity index (χ4n) is 2.43. The standard InChI is InChI=1S/C15H19ClFN3O/c1-3-5-13-14(18)15(21)20(19(13)8-4-2)10-6-7-11(16)12(17)9-10/h6-7,9H,3-5,8,18H2,1-2H3. The highest BCUT2D eigenvalue weighted by molar-refractivity contribution is 6.30. The van der Waals surface area contributed by atoms with Crippen molar-refractivity contribution in [1.29, 1.82) is 0 Å². The van der Waals surface area contributed by atoms with Crippen molar-refractivity contribution in [3.63, 3.8) is 0 Å². The van der Waals surface area contributed by atoms with E-state index in [-0.39, 0.29) is 16.3 Å². The van der Waals surface area contributed by atoms with Crippen molar-refractivity contribution in [3.8, 4) is 5.69 Å². The van der Waals surface area contributed by atoms with E-state index in [1.165, 1.54) is 16.8 Å². The molecule has 6 heteroatoms. The first-order valence-electron chi connectivity index (χ1n) is 7.06. The van der Waals surface area contributed by atoms with E-state index in [1.54, 1.807) is 6.07 Å². The Morgan fingerprint density at radius 3 is 2.57 bits per heavy atom. The maximum atomic E-state index is 13.7. The van der Waals surface area contributed by atoms with Crippen LogP contribution >= 0.6 is 11.6 Å². The molecule has 1 heterocycles. The lowest BCUT2D eigenvalue weighted by Crippen LogP contribution is -2.22. The molecule has 4 nitrogen and oxygen atoms in total. The molecule has 0 saturated carbocycles. The molecule has 0 unspecified atom stereocenters. The quantitative estimate of drug-likeness (QED) is 0.920. The average Bonchev–Trinajstić information content (AvgIpc) is 2.68. The van der Waals surface area contributed by atoms with Gasteiger partial charge in [-0.05, 0) is 25.0 Å². The van der Waals surface area contributed by atoms with Crippen molar-refractivity contribution in [2.75, 3.05) is 5.73 Å². The van der Waals surface area contributed by atoms with Crippen molar-refractivity contribution < 1.29 is 4.39 Å². The predicted octanol–water partition coefficient (Wildman–Crippen LogP) is 3.38. The third-order valence-electron chi connectivity index (χ3n) is 3.36. The molecule has 0 fully saturated rings. The van der Waals surface area contributed by atoms with E-state index >= 15 is 0 Å². The molecule has 2 N–H and O–H groups in total. The monoisotopic (exact) mass is 311 g/mol. The molecule has 114 valence electrons. The Kier molecular flexibility index (Phi) is 4.73. The van der Waals surface area contributed by atoms with Gasteiger partial charge in [0.1, 0.15) is 11.5 Å². The van der Waals surface area contributed by atoms with E-state index in [0.717, 1.165) is 18.5 Å². The number of halogens is 2. The third kappa shape index (κ3) is 2.83. The Morgan fingerprint density at radius 2 is 2.00 bits per heavy atom. The highest BCUT2D eigenvalue weighted by Crippen LogP contribution is 2.20. The number of hydrogen-bond acceptors (Lipinski definition) is 2. The van der Waals surface area contributed by atoms with Crippen molar-refractivity contribution in [2.45, 2.75) is 39.7 Å². The molecule has 1 aromatic heterocycles. The molecule has 0 bridgehead atoms. The number of benzene rings is 1. The van der Waals surface area contributed by atoms with Gasteiger partial charge >= 0.3 is 0 Å². The molecule has 0 saturated heterocycles. The Hall–Kier alpha value is -1.75. The number of nitrogens with two attached hydrogens (primary N) is 1. The second kappa shape index (κ2) is 6.35. The first-order valence-corrected chi connectivity index (χ1v) is 7.44. The van der Waals surface area contributed by atoms with E-state index in [9.17, 15) is 9.18 Å². The highest BCUT2D eigenvalue weighted by atomic mass is 35.5. The number of anilines is 1. The van der Waals surface area contributed by atoms with Crippen molar-refractivity contribution >= 4 is 17.3 Å². The van der Waals surface area contributed by atoms with E-state index in [4.69, 9.17) is 17.3 Å². The molecule has 2 rings (SSSR count). The summed E-state index contributed by atoms with van der Waals surface area (Å²) in [5.74, 6) is -0.555. The molecule has 0 aliphatic rings. The summed E-state index contributed by atoms with van der Waals surface area (Å²) in [5, 5.41) is 0.0298. The summed E-state index contributed by atoms with van der Waals surface area (Å²) in [5.41, 5.74) is 7.12. The normalized spacial score (nSPS) is 11.0. The summed E-state index contributed by atoms with van der Waals surface area (Å²) in [7, 11) is 0. The zero-order chi connectivity index (χ0) is 15.6. The van der Waals surface area contributed by atoms with Crippen LogP contribution in [0.15, 0.2) is 23.0 Å². The maximum absolute atomic E-state index is 13.7. The van der Waals surface area contributed by atoms with Gasteiger partial charge in [-0.1, -0.05) is 31.9 Å². The van der Waals surface area contributed by atoms with Gasteiger partial charge in [0.05, 0.1) is 16.4 Å². The average molecular weight is 312 g/mol. The molecule has 21 heavy (non-hydrogen) atoms. The molecular weight excluding hydrogens is 293 g/mol. The van der Waals surface area contributed by atoms with Crippen LogP contribution < -0.4 is 11.3 Å². The van der Waals surface area contributed by atoms with Crippen LogP contribution in [0.1, 0.15) is 32.4 Å². The molecule has 0 amide bonds. The van der Waals surface area contributed by atoms with Crippen LogP contribution in [0, 0.1) is 5.82 Å². The minimum Gasteiger partial charge on any atom is -0.393 e. The smallest absolute Gasteiger partial charge is 0.294 e. The summed E-state index contributed by atoms with van der Waals surface area (Å²) in [6.45, 7) is 4.69. The van der Waals surface area contributed by atoms with Gasteiger partial charge in [0.2, 0.25) is 0 Å². The van der Waals surface area contributed by atoms with Crippen LogP contribution in [0.3, 0.4) is 0 Å². The largest absolute Gasteiger partial charge is 0.393 e. The van der Waals surface area contributed by atoms with Gasteiger partial charge in [0, 0.05) is 12.6 Å². The lowest BCUT2D eigenvalue weighted by atomic mass is 10.2. The number of nitrogens with zero attached hydrogens (tertiary/aromatic N) is 2. The topological polar surface area (TPSA) is 53.0 Å². The van der Waals surface area contributed by atoms with Crippen molar-refractivity contribution in [2.24, 2.45) is 0 Å². The van der Waals surface area contributed by atoms with Crippen LogP contribution in [0.5, 0.6) is 0 Å². The Bertz CT molecular complexity index is 706. The van der Waals surface area contributed by atoms with Gasteiger partial charge in [-0.15, -0.1) is 0 Å². The van der Waals surface area contributed by atoms with Crippen LogP contribution in [0.25, 0.3) is 5.69 Å². The van der Waals surface area contributed by atoms with Crippen LogP contribution in [-0.4, -0.2) is 9.36 Å². The second-order valence-electron chi connectivity index (χ2n) is 4.95. The summed E-state index contributed by atoms with van der Waals surface area (Å²) >= 11 is 5.70. The van der Waals surface area contributed by atoms with Crippen molar-refractivity contribution in [1.82, 2.24) is 9.36 Å². The Balaban J connectivity index is 2.69. The molecule has 0 atom stereocenters. The zero-order valence-corrected chi connectivity index (χ0v) is 13.0. The lowest BCUT2D eigenvalue weighted by Gasteiger charge is -2.14. The summed E-state index contributed by atoms with van der Waals surface area (Å²) in [6, 6.07) is 4.32. The minimum absolute atomic E-state index is 0.0298. The molecule has 0 aliphatic carbocycles. The number of nitrogen functional groups attached to an aromatic ring is 1. The fraction of sp³-hybridized carbons (Fsp3) is 0.400. The molecule has 0 aliphatic heterocycles. The lowest BCUT2D eigenvalue weighted by molar-refractivity contribution is 0.510. The Morgan fingerprint density at radius 1 is 1.29 bits per heavy atom. The van der Waals surface area contributed by atoms with E-state index in [1.807, 2.05) is 18.5 Å².